The van der Waals surface area contributed by atoms with Gasteiger partial charge < -0.3 is 79.9 Å². The highest BCUT2D eigenvalue weighted by atomic mass is 16.8. The van der Waals surface area contributed by atoms with E-state index in [1.54, 1.807) is 0 Å². The fraction of sp³-hybridized carbons (Fsp3) is 0.889. The van der Waals surface area contributed by atoms with Crippen LogP contribution in [0, 0.1) is 0 Å². The Kier molecular flexibility index (Phi) is 9.17. The Morgan fingerprint density at radius 3 is 1.58 bits per heavy atom. The van der Waals surface area contributed by atoms with E-state index in [-0.39, 0.29) is 0 Å². The number of aliphatic hydroxyl groups excluding tert-OH is 9. The lowest BCUT2D eigenvalue weighted by molar-refractivity contribution is -0.385. The zero-order valence-electron chi connectivity index (χ0n) is 18.1. The Hall–Kier alpha value is -1.62. The molecule has 3 fully saturated rings. The smallest absolute Gasteiger partial charge is 0.335 e. The van der Waals surface area contributed by atoms with Gasteiger partial charge in [0.1, 0.15) is 61.0 Å². The number of aliphatic carboxylic acids is 2. The molecule has 15 atom stereocenters. The van der Waals surface area contributed by atoms with Crippen LogP contribution < -0.4 is 0 Å². The summed E-state index contributed by atoms with van der Waals surface area (Å²) in [5.41, 5.74) is 0. The number of carboxylic acids is 2. The summed E-state index contributed by atoms with van der Waals surface area (Å²) in [5.74, 6) is -3.55. The maximum absolute atomic E-state index is 11.5. The molecule has 0 bridgehead atoms. The summed E-state index contributed by atoms with van der Waals surface area (Å²) in [4.78, 5) is 22.8. The number of rotatable bonds is 7. The van der Waals surface area contributed by atoms with E-state index < -0.39 is 111 Å². The third-order valence-corrected chi connectivity index (χ3v) is 6.03. The van der Waals surface area contributed by atoms with Crippen LogP contribution in [0.4, 0.5) is 0 Å². The van der Waals surface area contributed by atoms with Gasteiger partial charge in [-0.1, -0.05) is 0 Å². The highest BCUT2D eigenvalue weighted by molar-refractivity contribution is 5.73. The summed E-state index contributed by atoms with van der Waals surface area (Å²) >= 11 is 0. The maximum Gasteiger partial charge on any atom is 0.335 e. The highest BCUT2D eigenvalue weighted by Crippen LogP contribution is 2.32. The molecule has 36 heavy (non-hydrogen) atoms. The second-order valence-electron chi connectivity index (χ2n) is 8.41. The van der Waals surface area contributed by atoms with Crippen LogP contribution in [0.2, 0.25) is 0 Å². The molecule has 0 unspecified atom stereocenters. The van der Waals surface area contributed by atoms with Gasteiger partial charge in [-0.3, -0.25) is 0 Å². The lowest BCUT2D eigenvalue weighted by atomic mass is 9.96. The monoisotopic (exact) mass is 532 g/mol. The minimum atomic E-state index is -2.21. The van der Waals surface area contributed by atoms with Gasteiger partial charge in [0.25, 0.3) is 0 Å². The van der Waals surface area contributed by atoms with E-state index >= 15 is 0 Å². The molecule has 0 aliphatic carbocycles. The summed E-state index contributed by atoms with van der Waals surface area (Å²) in [6, 6.07) is 0. The number of hydrogen-bond donors (Lipinski definition) is 11. The molecule has 18 heteroatoms. The van der Waals surface area contributed by atoms with Gasteiger partial charge in [0.15, 0.2) is 31.1 Å². The predicted octanol–water partition coefficient (Wildman–Crippen LogP) is -7.39. The Morgan fingerprint density at radius 1 is 0.583 bits per heavy atom. The van der Waals surface area contributed by atoms with Crippen molar-refractivity contribution in [2.45, 2.75) is 92.1 Å². The van der Waals surface area contributed by atoms with Crippen molar-refractivity contribution in [1.82, 2.24) is 0 Å². The Labute approximate surface area is 201 Å². The second-order valence-corrected chi connectivity index (χ2v) is 8.41. The van der Waals surface area contributed by atoms with E-state index in [2.05, 4.69) is 0 Å². The van der Waals surface area contributed by atoms with E-state index in [0.717, 1.165) is 0 Å². The molecular weight excluding hydrogens is 504 g/mol. The summed E-state index contributed by atoms with van der Waals surface area (Å²) in [5, 5.41) is 109. The molecule has 0 amide bonds. The topological polar surface area (TPSA) is 303 Å². The molecule has 11 N–H and O–H groups in total. The third kappa shape index (κ3) is 5.47. The average molecular weight is 532 g/mol. The molecule has 0 spiro atoms. The molecule has 3 saturated heterocycles. The number of carboxylic acid groups (broad SMARTS) is 2. The Morgan fingerprint density at radius 2 is 1.06 bits per heavy atom. The zero-order chi connectivity index (χ0) is 27.1. The Balaban J connectivity index is 1.87. The van der Waals surface area contributed by atoms with Gasteiger partial charge in [-0.25, -0.2) is 9.59 Å². The third-order valence-electron chi connectivity index (χ3n) is 6.03. The molecule has 3 heterocycles. The minimum Gasteiger partial charge on any atom is -0.479 e. The first-order chi connectivity index (χ1) is 16.8. The molecule has 0 aromatic rings. The lowest BCUT2D eigenvalue weighted by Crippen LogP contribution is -2.67. The van der Waals surface area contributed by atoms with Crippen LogP contribution in [0.25, 0.3) is 0 Å². The fourth-order valence-electron chi connectivity index (χ4n) is 3.99. The van der Waals surface area contributed by atoms with Crippen molar-refractivity contribution in [1.29, 1.82) is 0 Å². The first-order valence-corrected chi connectivity index (χ1v) is 10.6. The van der Waals surface area contributed by atoms with E-state index in [0.29, 0.717) is 0 Å². The first-order valence-electron chi connectivity index (χ1n) is 10.6. The highest BCUT2D eigenvalue weighted by Gasteiger charge is 2.55. The van der Waals surface area contributed by atoms with Crippen LogP contribution in [0.15, 0.2) is 0 Å². The van der Waals surface area contributed by atoms with Crippen LogP contribution in [0.1, 0.15) is 0 Å². The number of carbonyl (C=O) groups is 2. The number of ether oxygens (including phenoxy) is 5. The van der Waals surface area contributed by atoms with Gasteiger partial charge in [0.2, 0.25) is 0 Å². The summed E-state index contributed by atoms with van der Waals surface area (Å²) < 4.78 is 25.6. The molecule has 3 rings (SSSR count). The van der Waals surface area contributed by atoms with Crippen molar-refractivity contribution in [3.8, 4) is 0 Å². The van der Waals surface area contributed by atoms with E-state index in [4.69, 9.17) is 23.7 Å². The van der Waals surface area contributed by atoms with Crippen molar-refractivity contribution >= 4 is 11.9 Å². The number of hydrogen-bond acceptors (Lipinski definition) is 16. The van der Waals surface area contributed by atoms with Crippen LogP contribution in [-0.4, -0.2) is 167 Å². The summed E-state index contributed by atoms with van der Waals surface area (Å²) in [6.45, 7) is -0.810. The molecular formula is C18H28O18. The van der Waals surface area contributed by atoms with Crippen LogP contribution in [0.3, 0.4) is 0 Å². The van der Waals surface area contributed by atoms with Crippen molar-refractivity contribution in [3.05, 3.63) is 0 Å². The summed E-state index contributed by atoms with van der Waals surface area (Å²) in [6.07, 6.45) is -30.5. The lowest BCUT2D eigenvalue weighted by Gasteiger charge is -2.47. The molecule has 0 aromatic carbocycles. The second kappa shape index (κ2) is 11.4. The molecule has 3 aliphatic heterocycles. The quantitative estimate of drug-likeness (QED) is 0.145. The summed E-state index contributed by atoms with van der Waals surface area (Å²) in [7, 11) is 0. The maximum atomic E-state index is 11.5. The van der Waals surface area contributed by atoms with Crippen molar-refractivity contribution < 1.29 is 89.4 Å². The predicted molar refractivity (Wildman–Crippen MR) is 102 cm³/mol. The SMILES string of the molecule is O=C(O)[C@H]1O[C@H](O[C@H]2[C@@H](O)[C@H](O)[C@@H](CO)O[C@@H]2O)[C@H](O[C@H]2O[C@H](C(=O)O)[C@@H](O)[C@H](O)[C@H]2O)[C@@H](O)[C@H]1O. The largest absolute Gasteiger partial charge is 0.479 e. The average Bonchev–Trinajstić information content (AvgIpc) is 2.82. The molecule has 18 nitrogen and oxygen atoms in total. The van der Waals surface area contributed by atoms with Gasteiger partial charge in [-0.2, -0.15) is 0 Å². The van der Waals surface area contributed by atoms with Crippen molar-refractivity contribution in [3.63, 3.8) is 0 Å². The van der Waals surface area contributed by atoms with Gasteiger partial charge in [-0.05, 0) is 0 Å². The van der Waals surface area contributed by atoms with Crippen LogP contribution in [0.5, 0.6) is 0 Å². The molecule has 3 aliphatic rings. The molecule has 0 radical (unpaired) electrons. The standard InChI is InChI=1S/C18H28O18/c19-1-2-3(20)5(22)12(16(31)32-2)35-18-13(8(25)7(24)11(34-18)15(29)30)36-17-9(26)4(21)6(23)10(33-17)14(27)28/h2-13,16-26,31H,1H2,(H,27,28)(H,29,30)/t2-,3-,4+,5+,6+,7-,8+,9-,10+,11+,12+,13-,16+,17-,18-/m1/s1. The number of aliphatic hydroxyl groups is 9. The van der Waals surface area contributed by atoms with E-state index in [9.17, 15) is 65.8 Å². The van der Waals surface area contributed by atoms with E-state index in [1.165, 1.54) is 0 Å². The molecule has 0 saturated carbocycles. The zero-order valence-corrected chi connectivity index (χ0v) is 18.1. The Bertz CT molecular complexity index is 781. The van der Waals surface area contributed by atoms with Crippen LogP contribution >= 0.6 is 0 Å². The minimum absolute atomic E-state index is 0.810. The van der Waals surface area contributed by atoms with Gasteiger partial charge in [0.05, 0.1) is 6.61 Å². The van der Waals surface area contributed by atoms with Gasteiger partial charge >= 0.3 is 11.9 Å². The van der Waals surface area contributed by atoms with Crippen molar-refractivity contribution in [2.75, 3.05) is 6.61 Å². The van der Waals surface area contributed by atoms with Gasteiger partial charge in [0, 0.05) is 0 Å². The van der Waals surface area contributed by atoms with Crippen molar-refractivity contribution in [2.24, 2.45) is 0 Å². The van der Waals surface area contributed by atoms with Gasteiger partial charge in [-0.15, -0.1) is 0 Å². The first kappa shape index (κ1) is 28.9. The van der Waals surface area contributed by atoms with E-state index in [1.807, 2.05) is 0 Å². The molecule has 0 aromatic heterocycles. The fourth-order valence-corrected chi connectivity index (χ4v) is 3.99. The normalized spacial score (nSPS) is 50.0. The molecule has 208 valence electrons. The van der Waals surface area contributed by atoms with Crippen LogP contribution in [-0.2, 0) is 33.3 Å².